The van der Waals surface area contributed by atoms with Crippen LogP contribution in [0.4, 0.5) is 0 Å². The Labute approximate surface area is 64.4 Å². The predicted octanol–water partition coefficient (Wildman–Crippen LogP) is -0.206. The zero-order valence-corrected chi connectivity index (χ0v) is 8.41. The summed E-state index contributed by atoms with van der Waals surface area (Å²) in [5, 5.41) is 0. The molecule has 0 fully saturated rings. The monoisotopic (exact) mass is 152 g/mol. The summed E-state index contributed by atoms with van der Waals surface area (Å²) in [6, 6.07) is 4.07. The molecule has 0 aliphatic carbocycles. The molecule has 3 heteroatoms. The number of nitrogens with zero attached hydrogens (tertiary/aromatic N) is 2. The van der Waals surface area contributed by atoms with Gasteiger partial charge in [0.15, 0.2) is 0 Å². The van der Waals surface area contributed by atoms with Gasteiger partial charge in [-0.3, -0.25) is 4.98 Å². The highest BCUT2D eigenvalue weighted by Gasteiger charge is 1.91. The van der Waals surface area contributed by atoms with E-state index in [4.69, 9.17) is 0 Å². The molecule has 1 heterocycles. The molecule has 10 heavy (non-hydrogen) atoms. The molecule has 0 saturated heterocycles. The van der Waals surface area contributed by atoms with E-state index in [1.54, 1.807) is 6.20 Å². The van der Waals surface area contributed by atoms with Gasteiger partial charge in [-0.2, -0.15) is 0 Å². The van der Waals surface area contributed by atoms with Gasteiger partial charge in [0.25, 0.3) is 0 Å². The quantitative estimate of drug-likeness (QED) is 0.545. The summed E-state index contributed by atoms with van der Waals surface area (Å²) in [7, 11) is 3.22. The number of hydrogen-bond donors (Lipinski definition) is 0. The first-order chi connectivity index (χ1) is 4.79. The van der Waals surface area contributed by atoms with E-state index in [0.29, 0.717) is 0 Å². The zero-order valence-electron chi connectivity index (χ0n) is 6.41. The molecular formula is C7H12N2Si. The highest BCUT2D eigenvalue weighted by molar-refractivity contribution is 6.04. The minimum atomic E-state index is 1.03. The number of rotatable bonds is 2. The molecule has 0 bridgehead atoms. The van der Waals surface area contributed by atoms with Crippen molar-refractivity contribution in [2.24, 2.45) is 0 Å². The molecule has 0 amide bonds. The van der Waals surface area contributed by atoms with Crippen LogP contribution in [0.25, 0.3) is 0 Å². The van der Waals surface area contributed by atoms with Crippen molar-refractivity contribution in [1.82, 2.24) is 9.55 Å². The van der Waals surface area contributed by atoms with E-state index < -0.39 is 0 Å². The van der Waals surface area contributed by atoms with Crippen molar-refractivity contribution in [3.63, 3.8) is 0 Å². The summed E-state index contributed by atoms with van der Waals surface area (Å²) in [5.41, 5.74) is 1.29. The van der Waals surface area contributed by atoms with Crippen molar-refractivity contribution in [1.29, 1.82) is 0 Å². The van der Waals surface area contributed by atoms with Crippen LogP contribution >= 0.6 is 0 Å². The van der Waals surface area contributed by atoms with Gasteiger partial charge in [0.1, 0.15) is 0 Å². The number of pyridine rings is 1. The van der Waals surface area contributed by atoms with Gasteiger partial charge in [-0.05, 0) is 18.7 Å². The Morgan fingerprint density at radius 2 is 2.50 bits per heavy atom. The molecule has 0 spiro atoms. The Bertz CT molecular complexity index is 186. The minimum absolute atomic E-state index is 1.03. The lowest BCUT2D eigenvalue weighted by Crippen LogP contribution is -2.12. The van der Waals surface area contributed by atoms with Crippen LogP contribution in [0.15, 0.2) is 24.5 Å². The van der Waals surface area contributed by atoms with Gasteiger partial charge in [0.2, 0.25) is 0 Å². The third kappa shape index (κ3) is 2.29. The second-order valence-electron chi connectivity index (χ2n) is 2.60. The minimum Gasteiger partial charge on any atom is -0.331 e. The molecule has 0 unspecified atom stereocenters. The van der Waals surface area contributed by atoms with Crippen LogP contribution in [0.1, 0.15) is 5.56 Å². The molecule has 0 aliphatic rings. The van der Waals surface area contributed by atoms with Gasteiger partial charge in [0, 0.05) is 18.9 Å². The average molecular weight is 152 g/mol. The smallest absolute Gasteiger partial charge is 0.0785 e. The van der Waals surface area contributed by atoms with E-state index in [-0.39, 0.29) is 0 Å². The van der Waals surface area contributed by atoms with E-state index in [1.165, 1.54) is 5.56 Å². The fraction of sp³-hybridized carbons (Fsp3) is 0.286. The normalized spacial score (nSPS) is 10.6. The second kappa shape index (κ2) is 3.48. The Kier molecular flexibility index (Phi) is 2.59. The molecule has 1 rings (SSSR count). The van der Waals surface area contributed by atoms with Crippen LogP contribution in [0, 0.1) is 0 Å². The Hall–Kier alpha value is -0.673. The van der Waals surface area contributed by atoms with Crippen molar-refractivity contribution >= 4 is 10.4 Å². The maximum atomic E-state index is 4.03. The van der Waals surface area contributed by atoms with E-state index in [9.17, 15) is 0 Å². The third-order valence-electron chi connectivity index (χ3n) is 1.22. The molecule has 2 nitrogen and oxygen atoms in total. The molecule has 0 N–H and O–H groups in total. The maximum Gasteiger partial charge on any atom is 0.0785 e. The highest BCUT2D eigenvalue weighted by atomic mass is 28.2. The molecule has 0 atom stereocenters. The van der Waals surface area contributed by atoms with Crippen LogP contribution in [-0.2, 0) is 6.54 Å². The Morgan fingerprint density at radius 1 is 1.70 bits per heavy atom. The SMILES string of the molecule is CN([SiH3])Cc1cccnc1. The molecule has 1 aromatic rings. The molecule has 0 radical (unpaired) electrons. The lowest BCUT2D eigenvalue weighted by molar-refractivity contribution is 0.543. The van der Waals surface area contributed by atoms with Crippen molar-refractivity contribution in [3.8, 4) is 0 Å². The molecule has 0 aliphatic heterocycles. The summed E-state index contributed by atoms with van der Waals surface area (Å²) in [6.45, 7) is 1.03. The fourth-order valence-corrected chi connectivity index (χ4v) is 1.22. The topological polar surface area (TPSA) is 16.1 Å². The average Bonchev–Trinajstić information content (AvgIpc) is 1.88. The molecule has 0 aromatic carbocycles. The number of hydrogen-bond acceptors (Lipinski definition) is 2. The van der Waals surface area contributed by atoms with Crippen molar-refractivity contribution in [2.75, 3.05) is 7.05 Å². The van der Waals surface area contributed by atoms with Gasteiger partial charge in [-0.15, -0.1) is 0 Å². The van der Waals surface area contributed by atoms with E-state index in [1.807, 2.05) is 12.3 Å². The van der Waals surface area contributed by atoms with Crippen molar-refractivity contribution < 1.29 is 0 Å². The Morgan fingerprint density at radius 3 is 3.00 bits per heavy atom. The summed E-state index contributed by atoms with van der Waals surface area (Å²) >= 11 is 0. The Balaban J connectivity index is 2.59. The first kappa shape index (κ1) is 7.43. The molecule has 1 aromatic heterocycles. The summed E-state index contributed by atoms with van der Waals surface area (Å²) in [5.74, 6) is 0. The van der Waals surface area contributed by atoms with E-state index >= 15 is 0 Å². The third-order valence-corrected chi connectivity index (χ3v) is 1.54. The largest absolute Gasteiger partial charge is 0.331 e. The molecule has 0 saturated carbocycles. The lowest BCUT2D eigenvalue weighted by atomic mass is 10.3. The van der Waals surface area contributed by atoms with Crippen LogP contribution in [-0.4, -0.2) is 27.0 Å². The summed E-state index contributed by atoms with van der Waals surface area (Å²) < 4.78 is 2.26. The predicted molar refractivity (Wildman–Crippen MR) is 45.6 cm³/mol. The summed E-state index contributed by atoms with van der Waals surface area (Å²) in [6.07, 6.45) is 3.71. The van der Waals surface area contributed by atoms with Crippen molar-refractivity contribution in [2.45, 2.75) is 6.54 Å². The zero-order chi connectivity index (χ0) is 7.40. The van der Waals surface area contributed by atoms with Crippen LogP contribution in [0.2, 0.25) is 0 Å². The lowest BCUT2D eigenvalue weighted by Gasteiger charge is -2.08. The van der Waals surface area contributed by atoms with Crippen LogP contribution in [0.3, 0.4) is 0 Å². The number of aromatic nitrogens is 1. The van der Waals surface area contributed by atoms with E-state index in [2.05, 4.69) is 22.7 Å². The van der Waals surface area contributed by atoms with Gasteiger partial charge in [-0.25, -0.2) is 0 Å². The van der Waals surface area contributed by atoms with Crippen molar-refractivity contribution in [3.05, 3.63) is 30.1 Å². The highest BCUT2D eigenvalue weighted by Crippen LogP contribution is 1.96. The van der Waals surface area contributed by atoms with Crippen LogP contribution in [0.5, 0.6) is 0 Å². The van der Waals surface area contributed by atoms with Gasteiger partial charge in [-0.1, -0.05) is 6.07 Å². The fourth-order valence-electron chi connectivity index (χ4n) is 0.857. The van der Waals surface area contributed by atoms with E-state index in [0.717, 1.165) is 16.9 Å². The standard InChI is InChI=1S/C7H12N2Si/c1-9(10)6-7-3-2-4-8-5-7/h2-5H,6H2,1,10H3. The summed E-state index contributed by atoms with van der Waals surface area (Å²) in [4.78, 5) is 4.03. The maximum absolute atomic E-state index is 4.03. The second-order valence-corrected chi connectivity index (χ2v) is 4.13. The van der Waals surface area contributed by atoms with Gasteiger partial charge >= 0.3 is 0 Å². The molecular weight excluding hydrogens is 140 g/mol. The van der Waals surface area contributed by atoms with Gasteiger partial charge in [0.05, 0.1) is 10.4 Å². The first-order valence-electron chi connectivity index (χ1n) is 3.32. The van der Waals surface area contributed by atoms with Gasteiger partial charge < -0.3 is 4.57 Å². The van der Waals surface area contributed by atoms with Crippen LogP contribution < -0.4 is 0 Å². The molecule has 54 valence electrons. The first-order valence-corrected chi connectivity index (χ1v) is 4.22.